The van der Waals surface area contributed by atoms with E-state index < -0.39 is 5.82 Å². The van der Waals surface area contributed by atoms with Gasteiger partial charge in [-0.05, 0) is 18.9 Å². The van der Waals surface area contributed by atoms with Crippen molar-refractivity contribution in [2.45, 2.75) is 20.3 Å². The molecule has 0 saturated heterocycles. The van der Waals surface area contributed by atoms with Gasteiger partial charge in [0.1, 0.15) is 5.82 Å². The van der Waals surface area contributed by atoms with E-state index in [0.717, 1.165) is 12.8 Å². The molecule has 2 aliphatic rings. The van der Waals surface area contributed by atoms with Crippen LogP contribution in [0.5, 0.6) is 0 Å². The molecular formula is C22H17BF2N6. The molecule has 31 heavy (non-hydrogen) atoms. The average Bonchev–Trinajstić information content (AvgIpc) is 3.38. The first kappa shape index (κ1) is 19.2. The van der Waals surface area contributed by atoms with Crippen molar-refractivity contribution in [2.24, 2.45) is 0 Å². The van der Waals surface area contributed by atoms with Crippen molar-refractivity contribution < 1.29 is 8.78 Å². The van der Waals surface area contributed by atoms with Crippen molar-refractivity contribution in [3.8, 4) is 34.0 Å². The fourth-order valence-electron chi connectivity index (χ4n) is 3.84. The topological polar surface area (TPSA) is 83.2 Å². The first-order chi connectivity index (χ1) is 15.0. The molecule has 0 bridgehead atoms. The molecule has 0 spiro atoms. The van der Waals surface area contributed by atoms with E-state index in [4.69, 9.17) is 5.31 Å². The zero-order valence-corrected chi connectivity index (χ0v) is 16.9. The van der Waals surface area contributed by atoms with E-state index in [0.29, 0.717) is 51.5 Å². The van der Waals surface area contributed by atoms with Gasteiger partial charge in [0.15, 0.2) is 0 Å². The summed E-state index contributed by atoms with van der Waals surface area (Å²) in [4.78, 5) is 8.90. The second-order valence-corrected chi connectivity index (χ2v) is 7.40. The number of nitrogens with zero attached hydrogens (tertiary/aromatic N) is 4. The Morgan fingerprint density at radius 2 is 1.90 bits per heavy atom. The number of aromatic amines is 1. The minimum atomic E-state index is -0.484. The quantitative estimate of drug-likeness (QED) is 0.407. The molecule has 2 aliphatic heterocycles. The number of halogens is 2. The Morgan fingerprint density at radius 1 is 1.10 bits per heavy atom. The molecule has 1 aromatic heterocycles. The molecule has 2 aromatic carbocycles. The number of rotatable bonds is 4. The van der Waals surface area contributed by atoms with E-state index in [2.05, 4.69) is 20.2 Å². The number of hydrogen-bond donors (Lipinski definition) is 2. The van der Waals surface area contributed by atoms with Crippen LogP contribution in [0.4, 0.5) is 8.78 Å². The molecule has 0 radical (unpaired) electrons. The molecule has 0 aliphatic carbocycles. The standard InChI is InChI=1S/C22H17BF2N6/c1-3-12-6-11(2)15(24)9-14(12)13-7-16(25)20-18(8-13)29-30-21(20)22-27-17-4-5-31(23-26)10-19(17)28-22/h4-10,26H,3H2,1-2H3,(H,29,30). The molecule has 0 fully saturated rings. The van der Waals surface area contributed by atoms with Crippen LogP contribution in [0.3, 0.4) is 0 Å². The number of hydrogen-bond acceptors (Lipinski definition) is 4. The van der Waals surface area contributed by atoms with E-state index in [1.54, 1.807) is 42.0 Å². The predicted octanol–water partition coefficient (Wildman–Crippen LogP) is 4.97. The molecule has 0 unspecified atom stereocenters. The van der Waals surface area contributed by atoms with Crippen LogP contribution in [0.1, 0.15) is 18.1 Å². The number of H-pyrrole nitrogens is 1. The molecule has 0 saturated carbocycles. The van der Waals surface area contributed by atoms with Crippen LogP contribution in [-0.2, 0) is 6.42 Å². The predicted molar refractivity (Wildman–Crippen MR) is 115 cm³/mol. The first-order valence-electron chi connectivity index (χ1n) is 9.81. The summed E-state index contributed by atoms with van der Waals surface area (Å²) < 4.78 is 31.0. The van der Waals surface area contributed by atoms with Gasteiger partial charge in [-0.2, -0.15) is 0 Å². The monoisotopic (exact) mass is 414 g/mol. The zero-order valence-electron chi connectivity index (χ0n) is 16.9. The van der Waals surface area contributed by atoms with E-state index in [1.807, 2.05) is 6.92 Å². The van der Waals surface area contributed by atoms with Gasteiger partial charge < -0.3 is 0 Å². The van der Waals surface area contributed by atoms with Crippen LogP contribution in [-0.4, -0.2) is 31.9 Å². The van der Waals surface area contributed by atoms with Gasteiger partial charge in [0.05, 0.1) is 0 Å². The molecule has 3 aromatic rings. The van der Waals surface area contributed by atoms with Crippen molar-refractivity contribution in [3.63, 3.8) is 0 Å². The number of nitrogens with one attached hydrogen (secondary N) is 2. The Hall–Kier alpha value is -3.75. The summed E-state index contributed by atoms with van der Waals surface area (Å²) in [6.45, 7) is 3.70. The zero-order chi connectivity index (χ0) is 21.7. The summed E-state index contributed by atoms with van der Waals surface area (Å²) in [5.41, 5.74) is 4.75. The third-order valence-corrected chi connectivity index (χ3v) is 5.44. The number of aryl methyl sites for hydroxylation is 2. The molecular weight excluding hydrogens is 397 g/mol. The van der Waals surface area contributed by atoms with Gasteiger partial charge in [0, 0.05) is 0 Å². The number of aromatic nitrogens is 5. The van der Waals surface area contributed by atoms with Crippen molar-refractivity contribution >= 4 is 18.1 Å². The van der Waals surface area contributed by atoms with Gasteiger partial charge in [-0.25, -0.2) is 4.39 Å². The van der Waals surface area contributed by atoms with Crippen LogP contribution in [0.15, 0.2) is 42.7 Å². The summed E-state index contributed by atoms with van der Waals surface area (Å²) in [5.74, 6) is -0.508. The molecule has 9 heteroatoms. The summed E-state index contributed by atoms with van der Waals surface area (Å²) in [6, 6.07) is 8.16. The summed E-state index contributed by atoms with van der Waals surface area (Å²) in [6.07, 6.45) is 4.06. The van der Waals surface area contributed by atoms with E-state index >= 15 is 4.39 Å². The van der Waals surface area contributed by atoms with Crippen molar-refractivity contribution in [1.29, 1.82) is 5.31 Å². The molecule has 5 rings (SSSR count). The Bertz CT molecular complexity index is 1440. The van der Waals surface area contributed by atoms with Gasteiger partial charge in [0.2, 0.25) is 0 Å². The Kier molecular flexibility index (Phi) is 4.46. The van der Waals surface area contributed by atoms with Gasteiger partial charge >= 0.3 is 135 Å². The van der Waals surface area contributed by atoms with Crippen LogP contribution in [0.2, 0.25) is 0 Å². The molecule has 3 heterocycles. The summed E-state index contributed by atoms with van der Waals surface area (Å²) >= 11 is 0. The number of benzene rings is 2. The van der Waals surface area contributed by atoms with E-state index in [1.165, 1.54) is 12.1 Å². The Labute approximate surface area is 177 Å². The van der Waals surface area contributed by atoms with Gasteiger partial charge in [-0.3, -0.25) is 0 Å². The number of fused-ring (bicyclic) bond motifs is 2. The molecule has 152 valence electrons. The SMILES string of the molecule is CCc1cc(C)c(F)cc1-c1cc(F)c2c(-c3nc4ccn(B=N)cc-4n3)n[nH]c2c1. The molecule has 2 N–H and O–H groups in total. The van der Waals surface area contributed by atoms with E-state index in [9.17, 15) is 4.39 Å². The maximum absolute atomic E-state index is 15.3. The Morgan fingerprint density at radius 3 is 2.68 bits per heavy atom. The van der Waals surface area contributed by atoms with Gasteiger partial charge in [0.25, 0.3) is 0 Å². The van der Waals surface area contributed by atoms with Crippen molar-refractivity contribution in [3.05, 3.63) is 65.5 Å². The third-order valence-electron chi connectivity index (χ3n) is 5.44. The van der Waals surface area contributed by atoms with Crippen LogP contribution < -0.4 is 0 Å². The summed E-state index contributed by atoms with van der Waals surface area (Å²) in [7, 11) is 1.15. The van der Waals surface area contributed by atoms with Crippen LogP contribution in [0.25, 0.3) is 44.9 Å². The van der Waals surface area contributed by atoms with Gasteiger partial charge in [-0.1, -0.05) is 13.0 Å². The fraction of sp³-hybridized carbons (Fsp3) is 0.136. The molecule has 0 atom stereocenters. The second kappa shape index (κ2) is 7.19. The minimum absolute atomic E-state index is 0.282. The van der Waals surface area contributed by atoms with Crippen LogP contribution in [0, 0.1) is 23.9 Å². The van der Waals surface area contributed by atoms with Gasteiger partial charge in [-0.15, -0.1) is 0 Å². The number of imidazole rings is 1. The fourth-order valence-corrected chi connectivity index (χ4v) is 3.84. The average molecular weight is 414 g/mol. The first-order valence-corrected chi connectivity index (χ1v) is 9.81. The van der Waals surface area contributed by atoms with E-state index in [-0.39, 0.29) is 11.2 Å². The molecule has 0 amide bonds. The van der Waals surface area contributed by atoms with Crippen LogP contribution >= 0.6 is 0 Å². The normalized spacial score (nSPS) is 11.4. The maximum atomic E-state index is 15.3. The number of pyridine rings is 1. The molecule has 6 nitrogen and oxygen atoms in total. The summed E-state index contributed by atoms with van der Waals surface area (Å²) in [5, 5.41) is 14.7. The third kappa shape index (κ3) is 3.13. The Balaban J connectivity index is 1.66. The van der Waals surface area contributed by atoms with Crippen molar-refractivity contribution in [2.75, 3.05) is 0 Å². The second-order valence-electron chi connectivity index (χ2n) is 7.40. The van der Waals surface area contributed by atoms with Crippen molar-refractivity contribution in [1.82, 2.24) is 24.6 Å².